The minimum absolute atomic E-state index is 0.147. The minimum Gasteiger partial charge on any atom is -0.490 e. The van der Waals surface area contributed by atoms with E-state index in [0.29, 0.717) is 5.17 Å². The number of nitrogens with two attached hydrogens (primary N) is 2. The van der Waals surface area contributed by atoms with E-state index in [0.717, 1.165) is 35.4 Å². The molecular formula is C20H25BF3N3O2S. The Balaban J connectivity index is 0.000000216. The monoisotopic (exact) mass is 439 g/mol. The lowest BCUT2D eigenvalue weighted by Gasteiger charge is -2.37. The Bertz CT molecular complexity index is 845. The van der Waals surface area contributed by atoms with Crippen molar-refractivity contribution in [2.45, 2.75) is 63.3 Å². The first-order valence-corrected chi connectivity index (χ1v) is 10.9. The molecule has 10 heteroatoms. The molecule has 4 N–H and O–H groups in total. The second-order valence-electron chi connectivity index (χ2n) is 8.06. The largest absolute Gasteiger partial charge is 0.490 e. The molecule has 1 fully saturated rings. The zero-order chi connectivity index (χ0) is 22.2. The van der Waals surface area contributed by atoms with Crippen LogP contribution in [0.5, 0.6) is 5.75 Å². The highest BCUT2D eigenvalue weighted by molar-refractivity contribution is 8.14. The number of alkyl halides is 3. The summed E-state index contributed by atoms with van der Waals surface area (Å²) >= 11 is 1.63. The molecular weight excluding hydrogens is 414 g/mol. The Morgan fingerprint density at radius 3 is 2.57 bits per heavy atom. The standard InChI is InChI=1S/C15H19BN2OS.C5H6F3NO/c1-2-3-4-11-8-15(9-20-14(17)18-15)12-7-10(16)5-6-13(12)19-11;6-5(7,8)4(1-2-4)3(9)10/h5-7,11H,2-4,8-9H2,1H3,(H2,17,18);1-2H2,(H2,9,10)/t11-,15?;/m0./s1. The Morgan fingerprint density at radius 1 is 1.40 bits per heavy atom. The molecule has 0 aromatic heterocycles. The molecule has 1 aromatic rings. The normalized spacial score (nSPS) is 26.1. The fourth-order valence-electron chi connectivity index (χ4n) is 3.82. The Morgan fingerprint density at radius 2 is 2.10 bits per heavy atom. The van der Waals surface area contributed by atoms with Crippen LogP contribution in [-0.2, 0) is 10.3 Å². The van der Waals surface area contributed by atoms with Gasteiger partial charge in [-0.25, -0.2) is 0 Å². The summed E-state index contributed by atoms with van der Waals surface area (Å²) in [4.78, 5) is 15.0. The number of unbranched alkanes of at least 4 members (excludes halogenated alkanes) is 1. The van der Waals surface area contributed by atoms with Crippen molar-refractivity contribution in [2.24, 2.45) is 21.9 Å². The molecule has 1 saturated carbocycles. The number of carbonyl (C=O) groups excluding carboxylic acids is 1. The molecule has 2 aliphatic heterocycles. The zero-order valence-electron chi connectivity index (χ0n) is 16.8. The van der Waals surface area contributed by atoms with Gasteiger partial charge in [0.1, 0.15) is 30.7 Å². The third-order valence-electron chi connectivity index (χ3n) is 5.79. The fourth-order valence-corrected chi connectivity index (χ4v) is 4.78. The van der Waals surface area contributed by atoms with Gasteiger partial charge in [-0.3, -0.25) is 9.79 Å². The molecule has 4 rings (SSSR count). The van der Waals surface area contributed by atoms with Crippen LogP contribution in [0.25, 0.3) is 0 Å². The van der Waals surface area contributed by atoms with Crippen LogP contribution in [0.2, 0.25) is 0 Å². The lowest BCUT2D eigenvalue weighted by atomic mass is 9.80. The fraction of sp³-hybridized carbons (Fsp3) is 0.600. The predicted molar refractivity (Wildman–Crippen MR) is 113 cm³/mol. The summed E-state index contributed by atoms with van der Waals surface area (Å²) in [5.41, 5.74) is 9.92. The van der Waals surface area contributed by atoms with E-state index in [4.69, 9.17) is 23.3 Å². The summed E-state index contributed by atoms with van der Waals surface area (Å²) in [6.07, 6.45) is -0.184. The number of hydrogen-bond donors (Lipinski definition) is 2. The van der Waals surface area contributed by atoms with Gasteiger partial charge in [-0.15, -0.1) is 0 Å². The van der Waals surface area contributed by atoms with Crippen molar-refractivity contribution in [1.82, 2.24) is 0 Å². The lowest BCUT2D eigenvalue weighted by Crippen LogP contribution is -2.38. The summed E-state index contributed by atoms with van der Waals surface area (Å²) in [6, 6.07) is 5.86. The quantitative estimate of drug-likeness (QED) is 0.706. The van der Waals surface area contributed by atoms with Crippen LogP contribution in [-0.4, -0.2) is 37.0 Å². The summed E-state index contributed by atoms with van der Waals surface area (Å²) in [5.74, 6) is 0.562. The topological polar surface area (TPSA) is 90.7 Å². The van der Waals surface area contributed by atoms with Crippen LogP contribution < -0.4 is 21.7 Å². The molecule has 5 nitrogen and oxygen atoms in total. The molecule has 2 heterocycles. The smallest absolute Gasteiger partial charge is 0.403 e. The number of benzene rings is 1. The molecule has 1 amide bonds. The molecule has 30 heavy (non-hydrogen) atoms. The molecule has 1 aliphatic carbocycles. The highest BCUT2D eigenvalue weighted by Crippen LogP contribution is 2.57. The van der Waals surface area contributed by atoms with Crippen molar-refractivity contribution < 1.29 is 22.7 Å². The van der Waals surface area contributed by atoms with Gasteiger partial charge in [0, 0.05) is 17.7 Å². The van der Waals surface area contributed by atoms with Crippen molar-refractivity contribution in [2.75, 3.05) is 5.75 Å². The van der Waals surface area contributed by atoms with E-state index in [9.17, 15) is 18.0 Å². The second kappa shape index (κ2) is 8.36. The van der Waals surface area contributed by atoms with E-state index in [-0.39, 0.29) is 24.5 Å². The summed E-state index contributed by atoms with van der Waals surface area (Å²) < 4.78 is 41.7. The summed E-state index contributed by atoms with van der Waals surface area (Å²) in [5, 5.41) is 0.675. The van der Waals surface area contributed by atoms with Crippen molar-refractivity contribution in [3.05, 3.63) is 23.8 Å². The van der Waals surface area contributed by atoms with Crippen LogP contribution in [0.4, 0.5) is 13.2 Å². The molecule has 2 radical (unpaired) electrons. The van der Waals surface area contributed by atoms with E-state index in [1.165, 1.54) is 12.8 Å². The van der Waals surface area contributed by atoms with Gasteiger partial charge in [0.15, 0.2) is 5.17 Å². The predicted octanol–water partition coefficient (Wildman–Crippen LogP) is 2.89. The third kappa shape index (κ3) is 4.43. The van der Waals surface area contributed by atoms with Crippen molar-refractivity contribution in [3.63, 3.8) is 0 Å². The summed E-state index contributed by atoms with van der Waals surface area (Å²) in [7, 11) is 5.94. The first-order chi connectivity index (χ1) is 14.0. The molecule has 0 saturated heterocycles. The van der Waals surface area contributed by atoms with Gasteiger partial charge in [-0.1, -0.05) is 49.1 Å². The van der Waals surface area contributed by atoms with Gasteiger partial charge in [-0.2, -0.15) is 13.2 Å². The number of carbonyl (C=O) groups is 1. The van der Waals surface area contributed by atoms with Gasteiger partial charge in [-0.05, 0) is 25.3 Å². The Labute approximate surface area is 179 Å². The van der Waals surface area contributed by atoms with E-state index >= 15 is 0 Å². The maximum atomic E-state index is 11.8. The molecule has 1 unspecified atom stereocenters. The van der Waals surface area contributed by atoms with Gasteiger partial charge < -0.3 is 16.2 Å². The first-order valence-electron chi connectivity index (χ1n) is 9.94. The van der Waals surface area contributed by atoms with Crippen LogP contribution in [0.1, 0.15) is 51.0 Å². The van der Waals surface area contributed by atoms with Gasteiger partial charge in [0.25, 0.3) is 0 Å². The lowest BCUT2D eigenvalue weighted by molar-refractivity contribution is -0.190. The average Bonchev–Trinajstić information content (AvgIpc) is 3.42. The van der Waals surface area contributed by atoms with Crippen molar-refractivity contribution in [1.29, 1.82) is 0 Å². The van der Waals surface area contributed by atoms with Crippen LogP contribution in [0.15, 0.2) is 23.2 Å². The number of primary amides is 1. The maximum Gasteiger partial charge on any atom is 0.403 e. The maximum absolute atomic E-state index is 11.8. The molecule has 3 aliphatic rings. The molecule has 0 bridgehead atoms. The van der Waals surface area contributed by atoms with Gasteiger partial charge in [0.2, 0.25) is 5.91 Å². The Kier molecular flexibility index (Phi) is 6.37. The average molecular weight is 439 g/mol. The molecule has 2 atom stereocenters. The van der Waals surface area contributed by atoms with Crippen LogP contribution in [0, 0.1) is 5.41 Å². The SMILES string of the molecule is NC(=O)C1(C(F)(F)F)CC1.[B]c1ccc2c(c1)C1(CSC(N)=N1)C[C@H](CCCC)O2. The van der Waals surface area contributed by atoms with Gasteiger partial charge in [0.05, 0.1) is 0 Å². The number of thioether (sulfide) groups is 1. The van der Waals surface area contributed by atoms with E-state index in [1.54, 1.807) is 11.8 Å². The van der Waals surface area contributed by atoms with Crippen LogP contribution >= 0.6 is 11.8 Å². The molecule has 1 aromatic carbocycles. The number of hydrogen-bond acceptors (Lipinski definition) is 5. The highest BCUT2D eigenvalue weighted by Gasteiger charge is 2.67. The number of nitrogens with zero attached hydrogens (tertiary/aromatic N) is 1. The first kappa shape index (κ1) is 22.8. The second-order valence-corrected chi connectivity index (χ2v) is 9.05. The van der Waals surface area contributed by atoms with Crippen molar-refractivity contribution in [3.8, 4) is 5.75 Å². The van der Waals surface area contributed by atoms with Crippen LogP contribution in [0.3, 0.4) is 0 Å². The number of amidine groups is 1. The number of aliphatic imine (C=N–C) groups is 1. The molecule has 1 spiro atoms. The number of fused-ring (bicyclic) bond motifs is 2. The van der Waals surface area contributed by atoms with E-state index in [2.05, 4.69) is 12.7 Å². The van der Waals surface area contributed by atoms with Gasteiger partial charge >= 0.3 is 6.18 Å². The molecule has 162 valence electrons. The number of amides is 1. The van der Waals surface area contributed by atoms with Crippen molar-refractivity contribution >= 4 is 36.1 Å². The number of halogens is 3. The highest BCUT2D eigenvalue weighted by atomic mass is 32.2. The number of ether oxygens (including phenoxy) is 1. The Hall–Kier alpha value is -1.84. The minimum atomic E-state index is -4.45. The third-order valence-corrected chi connectivity index (χ3v) is 6.80. The zero-order valence-corrected chi connectivity index (χ0v) is 17.6. The van der Waals surface area contributed by atoms with E-state index in [1.807, 2.05) is 18.2 Å². The van der Waals surface area contributed by atoms with E-state index < -0.39 is 17.5 Å². The number of rotatable bonds is 4. The summed E-state index contributed by atoms with van der Waals surface area (Å²) in [6.45, 7) is 2.20.